The van der Waals surface area contributed by atoms with Crippen molar-refractivity contribution in [2.24, 2.45) is 11.8 Å². The van der Waals surface area contributed by atoms with Crippen LogP contribution in [0.1, 0.15) is 99.4 Å². The van der Waals surface area contributed by atoms with E-state index in [4.69, 9.17) is 28.1 Å². The van der Waals surface area contributed by atoms with E-state index >= 15 is 13.2 Å². The number of aliphatic hydroxyl groups is 1. The van der Waals surface area contributed by atoms with Crippen molar-refractivity contribution >= 4 is 24.3 Å². The molecular weight excluding hydrogens is 931 g/mol. The number of methoxy groups -OCH3 is 2. The fourth-order valence-corrected chi connectivity index (χ4v) is 12.3. The van der Waals surface area contributed by atoms with E-state index in [9.17, 15) is 5.11 Å². The van der Waals surface area contributed by atoms with Crippen molar-refractivity contribution in [3.63, 3.8) is 0 Å². The maximum absolute atomic E-state index is 15.3. The number of hydrogen-bond acceptors (Lipinski definition) is 10. The molecule has 0 radical (unpaired) electrons. The highest BCUT2D eigenvalue weighted by atomic mass is 32.2. The Balaban J connectivity index is 1.54. The zero-order valence-electron chi connectivity index (χ0n) is 44.3. The van der Waals surface area contributed by atoms with Gasteiger partial charge in [0.15, 0.2) is 8.32 Å². The summed E-state index contributed by atoms with van der Waals surface area (Å²) in [6.45, 7) is 22.8. The molecule has 0 amide bonds. The highest BCUT2D eigenvalue weighted by molar-refractivity contribution is 7.89. The number of nitrogens with zero attached hydrogens (tertiary/aromatic N) is 1. The maximum atomic E-state index is 15.3. The molecule has 0 heterocycles. The number of aryl methyl sites for hydroxylation is 3. The van der Waals surface area contributed by atoms with Crippen LogP contribution in [0.2, 0.25) is 18.1 Å². The summed E-state index contributed by atoms with van der Waals surface area (Å²) in [5.74, 6) is -0.914. The van der Waals surface area contributed by atoms with E-state index in [-0.39, 0.29) is 48.8 Å². The molecule has 0 saturated carbocycles. The van der Waals surface area contributed by atoms with E-state index in [1.807, 2.05) is 156 Å². The number of esters is 1. The van der Waals surface area contributed by atoms with Crippen molar-refractivity contribution in [3.8, 4) is 11.5 Å². The van der Waals surface area contributed by atoms with Crippen LogP contribution in [0, 0.1) is 32.6 Å². The normalized spacial score (nSPS) is 15.3. The molecule has 5 aromatic rings. The quantitative estimate of drug-likeness (QED) is 0.0422. The summed E-state index contributed by atoms with van der Waals surface area (Å²) in [6.07, 6.45) is -2.58. The summed E-state index contributed by atoms with van der Waals surface area (Å²) in [7, 11) is -3.18. The first-order valence-electron chi connectivity index (χ1n) is 24.8. The molecule has 1 unspecified atom stereocenters. The molecule has 386 valence electrons. The average Bonchev–Trinajstić information content (AvgIpc) is 3.33. The van der Waals surface area contributed by atoms with Gasteiger partial charge in [0, 0.05) is 18.6 Å². The molecule has 5 aromatic carbocycles. The Labute approximate surface area is 426 Å². The Hall–Kier alpha value is -4.86. The lowest BCUT2D eigenvalue weighted by molar-refractivity contribution is -0.166. The van der Waals surface area contributed by atoms with Gasteiger partial charge in [-0.05, 0) is 123 Å². The third kappa shape index (κ3) is 15.6. The zero-order chi connectivity index (χ0) is 52.1. The number of sulfonamides is 1. The van der Waals surface area contributed by atoms with E-state index in [1.165, 1.54) is 4.31 Å². The molecule has 0 aliphatic carbocycles. The SMILES string of the molecule is COc1ccc(COC[C@H](OCc2ccc(OC)cc2)[C@H](C)[C@@H](O)[C@@H](CCC(C)O[Si](C)(C)C(C)(C)C)C(=O)O[C@H](c2ccccc2)[C@H](C)N(Cc2ccccc2)S(=O)(=O)c2c(C)cc(C)cc2C)cc1. The van der Waals surface area contributed by atoms with Gasteiger partial charge in [0.25, 0.3) is 0 Å². The minimum absolute atomic E-state index is 0.0209. The van der Waals surface area contributed by atoms with Gasteiger partial charge in [0.05, 0.1) is 63.1 Å². The number of ether oxygens (including phenoxy) is 5. The molecule has 0 aromatic heterocycles. The number of benzene rings is 5. The van der Waals surface area contributed by atoms with Gasteiger partial charge in [-0.3, -0.25) is 4.79 Å². The van der Waals surface area contributed by atoms with Gasteiger partial charge >= 0.3 is 5.97 Å². The van der Waals surface area contributed by atoms with Gasteiger partial charge in [0.2, 0.25) is 10.0 Å². The minimum atomic E-state index is -4.21. The van der Waals surface area contributed by atoms with Crippen LogP contribution in [0.25, 0.3) is 0 Å². The molecular formula is C58H79NO10SSi. The van der Waals surface area contributed by atoms with Gasteiger partial charge in [-0.15, -0.1) is 0 Å². The van der Waals surface area contributed by atoms with Crippen LogP contribution in [-0.2, 0) is 53.2 Å². The fourth-order valence-electron chi connectivity index (χ4n) is 8.81. The third-order valence-corrected chi connectivity index (χ3v) is 20.8. The van der Waals surface area contributed by atoms with Crippen LogP contribution in [0.15, 0.2) is 126 Å². The molecule has 11 nitrogen and oxygen atoms in total. The van der Waals surface area contributed by atoms with Crippen molar-refractivity contribution in [3.05, 3.63) is 160 Å². The molecule has 7 atom stereocenters. The lowest BCUT2D eigenvalue weighted by Crippen LogP contribution is -2.46. The number of rotatable bonds is 26. The Morgan fingerprint density at radius 2 is 1.24 bits per heavy atom. The lowest BCUT2D eigenvalue weighted by Gasteiger charge is -2.39. The summed E-state index contributed by atoms with van der Waals surface area (Å²) < 4.78 is 69.0. The maximum Gasteiger partial charge on any atom is 0.312 e. The average molecular weight is 1010 g/mol. The first-order chi connectivity index (χ1) is 33.6. The molecule has 0 aliphatic rings. The van der Waals surface area contributed by atoms with E-state index in [0.29, 0.717) is 28.9 Å². The van der Waals surface area contributed by atoms with Crippen LogP contribution in [0.3, 0.4) is 0 Å². The zero-order valence-corrected chi connectivity index (χ0v) is 46.1. The topological polar surface area (TPSA) is 130 Å². The Morgan fingerprint density at radius 1 is 0.718 bits per heavy atom. The highest BCUT2D eigenvalue weighted by Crippen LogP contribution is 2.39. The molecule has 0 bridgehead atoms. The fraction of sp³-hybridized carbons (Fsp3) is 0.466. The van der Waals surface area contributed by atoms with Gasteiger partial charge in [-0.25, -0.2) is 8.42 Å². The van der Waals surface area contributed by atoms with E-state index in [1.54, 1.807) is 21.1 Å². The van der Waals surface area contributed by atoms with E-state index in [0.717, 1.165) is 28.0 Å². The van der Waals surface area contributed by atoms with Gasteiger partial charge < -0.3 is 33.2 Å². The second-order valence-corrected chi connectivity index (χ2v) is 27.1. The predicted molar refractivity (Wildman–Crippen MR) is 284 cm³/mol. The van der Waals surface area contributed by atoms with Gasteiger partial charge in [-0.1, -0.05) is 130 Å². The molecule has 0 aliphatic heterocycles. The molecule has 5 rings (SSSR count). The van der Waals surface area contributed by atoms with Crippen LogP contribution in [-0.4, -0.2) is 77.3 Å². The molecule has 13 heteroatoms. The summed E-state index contributed by atoms with van der Waals surface area (Å²) in [4.78, 5) is 15.5. The van der Waals surface area contributed by atoms with E-state index in [2.05, 4.69) is 33.9 Å². The Kier molecular flexibility index (Phi) is 20.6. The van der Waals surface area contributed by atoms with Crippen molar-refractivity contribution < 1.29 is 46.4 Å². The van der Waals surface area contributed by atoms with Crippen molar-refractivity contribution in [1.82, 2.24) is 4.31 Å². The van der Waals surface area contributed by atoms with Crippen LogP contribution in [0.4, 0.5) is 0 Å². The van der Waals surface area contributed by atoms with Crippen molar-refractivity contribution in [1.29, 1.82) is 0 Å². The molecule has 0 saturated heterocycles. The summed E-state index contributed by atoms with van der Waals surface area (Å²) in [5, 5.41) is 12.7. The molecule has 71 heavy (non-hydrogen) atoms. The summed E-state index contributed by atoms with van der Waals surface area (Å²) in [5.41, 5.74) is 5.43. The standard InChI is InChI=1S/C58H79NO10SSi/c1-40-34-41(2)56(42(3)35-40)70(62,63)59(36-46-20-16-14-17-21-46)45(6)55(49-22-18-15-19-23-49)68-57(61)52(33-24-43(4)69-71(12,13)58(7,8)9)54(60)44(5)53(67-38-48-27-31-51(65-11)32-28-48)39-66-37-47-25-29-50(64-10)30-26-47/h14-23,25-32,34-35,43-45,52-55,60H,24,33,36-39H2,1-13H3/t43?,44-,45-,52+,53-,54+,55-/m0/s1. The van der Waals surface area contributed by atoms with Gasteiger partial charge in [0.1, 0.15) is 17.6 Å². The Morgan fingerprint density at radius 3 is 1.76 bits per heavy atom. The highest BCUT2D eigenvalue weighted by Gasteiger charge is 2.43. The molecule has 1 N–H and O–H groups in total. The lowest BCUT2D eigenvalue weighted by atomic mass is 9.85. The van der Waals surface area contributed by atoms with E-state index < -0.39 is 60.5 Å². The van der Waals surface area contributed by atoms with Crippen LogP contribution < -0.4 is 9.47 Å². The number of carbonyl (C=O) groups excluding carboxylic acids is 1. The largest absolute Gasteiger partial charge is 0.497 e. The second kappa shape index (κ2) is 25.7. The Bertz CT molecular complexity index is 2510. The molecule has 0 fully saturated rings. The van der Waals surface area contributed by atoms with Crippen LogP contribution in [0.5, 0.6) is 11.5 Å². The second-order valence-electron chi connectivity index (χ2n) is 20.6. The number of hydrogen-bond donors (Lipinski definition) is 1. The van der Waals surface area contributed by atoms with Crippen LogP contribution >= 0.6 is 0 Å². The van der Waals surface area contributed by atoms with Crippen molar-refractivity contribution in [2.45, 2.75) is 148 Å². The molecule has 0 spiro atoms. The monoisotopic (exact) mass is 1010 g/mol. The first kappa shape index (κ1) is 57.0. The van der Waals surface area contributed by atoms with Crippen molar-refractivity contribution in [2.75, 3.05) is 20.8 Å². The minimum Gasteiger partial charge on any atom is -0.497 e. The predicted octanol–water partition coefficient (Wildman–Crippen LogP) is 12.1. The smallest absolute Gasteiger partial charge is 0.312 e. The third-order valence-electron chi connectivity index (χ3n) is 14.0. The van der Waals surface area contributed by atoms with Gasteiger partial charge in [-0.2, -0.15) is 4.31 Å². The number of carbonyl (C=O) groups is 1. The first-order valence-corrected chi connectivity index (χ1v) is 29.1. The summed E-state index contributed by atoms with van der Waals surface area (Å²) in [6, 6.07) is 36.7. The summed E-state index contributed by atoms with van der Waals surface area (Å²) >= 11 is 0. The number of aliphatic hydroxyl groups excluding tert-OH is 1.